The van der Waals surface area contributed by atoms with E-state index in [0.29, 0.717) is 37.6 Å². The van der Waals surface area contributed by atoms with E-state index < -0.39 is 11.9 Å². The molecule has 0 spiro atoms. The van der Waals surface area contributed by atoms with Crippen molar-refractivity contribution in [1.29, 1.82) is 0 Å². The van der Waals surface area contributed by atoms with Crippen molar-refractivity contribution >= 4 is 61.8 Å². The van der Waals surface area contributed by atoms with Gasteiger partial charge in [-0.25, -0.2) is 14.5 Å². The Morgan fingerprint density at radius 2 is 1.97 bits per heavy atom. The lowest BCUT2D eigenvalue weighted by Gasteiger charge is -2.05. The van der Waals surface area contributed by atoms with Crippen molar-refractivity contribution in [1.82, 2.24) is 20.0 Å². The number of halogens is 2. The van der Waals surface area contributed by atoms with Crippen molar-refractivity contribution in [2.75, 3.05) is 5.32 Å². The van der Waals surface area contributed by atoms with E-state index >= 15 is 0 Å². The van der Waals surface area contributed by atoms with Gasteiger partial charge in [-0.05, 0) is 42.8 Å². The Balaban J connectivity index is 1.53. The number of carbonyl (C=O) groups is 2. The van der Waals surface area contributed by atoms with Crippen LogP contribution >= 0.6 is 34.5 Å². The van der Waals surface area contributed by atoms with Gasteiger partial charge in [0.15, 0.2) is 10.8 Å². The Bertz CT molecular complexity index is 1300. The van der Waals surface area contributed by atoms with Crippen molar-refractivity contribution in [3.05, 3.63) is 69.0 Å². The molecule has 0 bridgehead atoms. The molecule has 0 saturated heterocycles. The summed E-state index contributed by atoms with van der Waals surface area (Å²) in [6.07, 6.45) is 0. The zero-order valence-corrected chi connectivity index (χ0v) is 17.7. The van der Waals surface area contributed by atoms with Crippen LogP contribution in [-0.4, -0.2) is 37.0 Å². The molecule has 30 heavy (non-hydrogen) atoms. The molecule has 8 nitrogen and oxygen atoms in total. The molecular formula is C19H13Cl2N5O3S. The number of amides is 1. The van der Waals surface area contributed by atoms with Crippen molar-refractivity contribution < 1.29 is 14.7 Å². The number of hydrogen-bond acceptors (Lipinski definition) is 6. The molecule has 0 aliphatic carbocycles. The van der Waals surface area contributed by atoms with Crippen LogP contribution in [0.5, 0.6) is 0 Å². The zero-order valence-electron chi connectivity index (χ0n) is 15.4. The number of carbonyl (C=O) groups excluding carboxylic acids is 1. The van der Waals surface area contributed by atoms with E-state index in [0.717, 1.165) is 5.56 Å². The van der Waals surface area contributed by atoms with Gasteiger partial charge in [-0.1, -0.05) is 45.8 Å². The summed E-state index contributed by atoms with van der Waals surface area (Å²) >= 11 is 13.2. The Labute approximate surface area is 184 Å². The molecule has 2 heterocycles. The van der Waals surface area contributed by atoms with Crippen molar-refractivity contribution in [2.24, 2.45) is 0 Å². The van der Waals surface area contributed by atoms with Gasteiger partial charge in [0.25, 0.3) is 5.91 Å². The van der Waals surface area contributed by atoms with Crippen LogP contribution in [-0.2, 0) is 6.54 Å². The molecule has 0 unspecified atom stereocenters. The summed E-state index contributed by atoms with van der Waals surface area (Å²) in [6.45, 7) is 2.12. The molecule has 1 amide bonds. The average molecular weight is 462 g/mol. The Morgan fingerprint density at radius 1 is 1.17 bits per heavy atom. The minimum absolute atomic E-state index is 0.158. The molecule has 152 valence electrons. The molecule has 2 N–H and O–H groups in total. The second kappa shape index (κ2) is 8.02. The minimum atomic E-state index is -1.02. The third-order valence-electron chi connectivity index (χ3n) is 4.37. The van der Waals surface area contributed by atoms with E-state index in [2.05, 4.69) is 20.6 Å². The first-order valence-corrected chi connectivity index (χ1v) is 10.2. The van der Waals surface area contributed by atoms with Gasteiger partial charge in [0.1, 0.15) is 0 Å². The van der Waals surface area contributed by atoms with Gasteiger partial charge in [0.05, 0.1) is 38.1 Å². The maximum atomic E-state index is 12.7. The number of carboxylic acids is 1. The number of aromatic nitrogens is 4. The molecule has 4 rings (SSSR count). The second-order valence-electron chi connectivity index (χ2n) is 6.39. The fourth-order valence-electron chi connectivity index (χ4n) is 2.80. The molecule has 2 aromatic heterocycles. The Morgan fingerprint density at radius 3 is 2.70 bits per heavy atom. The predicted molar refractivity (Wildman–Crippen MR) is 115 cm³/mol. The molecule has 0 fully saturated rings. The maximum Gasteiger partial charge on any atom is 0.335 e. The first-order chi connectivity index (χ1) is 14.3. The average Bonchev–Trinajstić information content (AvgIpc) is 3.27. The van der Waals surface area contributed by atoms with E-state index in [-0.39, 0.29) is 11.3 Å². The van der Waals surface area contributed by atoms with Crippen LogP contribution in [0, 0.1) is 6.92 Å². The van der Waals surface area contributed by atoms with Gasteiger partial charge in [0, 0.05) is 0 Å². The molecule has 2 aromatic carbocycles. The standard InChI is InChI=1S/C19H13Cl2N5O3S/c1-9-16(24-25-26(9)8-10-2-4-12(20)13(21)6-10)17(27)23-19-22-14-5-3-11(18(28)29)7-15(14)30-19/h2-7H,8H2,1H3,(H,28,29)(H,22,23,27). The zero-order chi connectivity index (χ0) is 21.4. The monoisotopic (exact) mass is 461 g/mol. The first kappa shape index (κ1) is 20.3. The van der Waals surface area contributed by atoms with Crippen molar-refractivity contribution in [3.63, 3.8) is 0 Å². The van der Waals surface area contributed by atoms with Crippen LogP contribution in [0.2, 0.25) is 10.0 Å². The number of anilines is 1. The normalized spacial score (nSPS) is 11.0. The molecule has 0 radical (unpaired) electrons. The van der Waals surface area contributed by atoms with Gasteiger partial charge in [-0.2, -0.15) is 0 Å². The molecule has 0 saturated carbocycles. The summed E-state index contributed by atoms with van der Waals surface area (Å²) < 4.78 is 2.25. The van der Waals surface area contributed by atoms with E-state index in [1.54, 1.807) is 29.8 Å². The highest BCUT2D eigenvalue weighted by molar-refractivity contribution is 7.22. The highest BCUT2D eigenvalue weighted by Gasteiger charge is 2.19. The molecule has 0 atom stereocenters. The quantitative estimate of drug-likeness (QED) is 0.452. The van der Waals surface area contributed by atoms with Gasteiger partial charge in [-0.3, -0.25) is 10.1 Å². The minimum Gasteiger partial charge on any atom is -0.478 e. The topological polar surface area (TPSA) is 110 Å². The molecule has 4 aromatic rings. The van der Waals surface area contributed by atoms with Gasteiger partial charge < -0.3 is 5.11 Å². The van der Waals surface area contributed by atoms with Crippen LogP contribution in [0.4, 0.5) is 5.13 Å². The Kier molecular flexibility index (Phi) is 5.42. The van der Waals surface area contributed by atoms with Gasteiger partial charge in [-0.15, -0.1) is 5.10 Å². The fourth-order valence-corrected chi connectivity index (χ4v) is 4.02. The number of thiazole rings is 1. The summed E-state index contributed by atoms with van der Waals surface area (Å²) in [4.78, 5) is 28.1. The highest BCUT2D eigenvalue weighted by Crippen LogP contribution is 2.27. The van der Waals surface area contributed by atoms with Crippen LogP contribution < -0.4 is 5.32 Å². The van der Waals surface area contributed by atoms with E-state index in [1.165, 1.54) is 23.5 Å². The maximum absolute atomic E-state index is 12.7. The summed E-state index contributed by atoms with van der Waals surface area (Å²) in [5.41, 5.74) is 2.36. The number of rotatable bonds is 5. The third kappa shape index (κ3) is 4.00. The number of carboxylic acid groups (broad SMARTS) is 1. The summed E-state index contributed by atoms with van der Waals surface area (Å²) in [7, 11) is 0. The number of nitrogens with zero attached hydrogens (tertiary/aromatic N) is 4. The first-order valence-electron chi connectivity index (χ1n) is 8.61. The van der Waals surface area contributed by atoms with Crippen LogP contribution in [0.1, 0.15) is 32.1 Å². The summed E-state index contributed by atoms with van der Waals surface area (Å²) in [5, 5.41) is 21.1. The summed E-state index contributed by atoms with van der Waals surface area (Å²) in [6, 6.07) is 9.84. The number of benzene rings is 2. The largest absolute Gasteiger partial charge is 0.478 e. The Hall–Kier alpha value is -3.01. The predicted octanol–water partition coefficient (Wildman–Crippen LogP) is 4.50. The van der Waals surface area contributed by atoms with Crippen LogP contribution in [0.25, 0.3) is 10.2 Å². The summed E-state index contributed by atoms with van der Waals surface area (Å²) in [5.74, 6) is -1.48. The third-order valence-corrected chi connectivity index (χ3v) is 6.04. The van der Waals surface area contributed by atoms with Crippen LogP contribution in [0.15, 0.2) is 36.4 Å². The number of nitrogens with one attached hydrogen (secondary N) is 1. The molecular weight excluding hydrogens is 449 g/mol. The fraction of sp³-hybridized carbons (Fsp3) is 0.105. The smallest absolute Gasteiger partial charge is 0.335 e. The lowest BCUT2D eigenvalue weighted by atomic mass is 10.2. The molecule has 11 heteroatoms. The van der Waals surface area contributed by atoms with Gasteiger partial charge in [0.2, 0.25) is 0 Å². The SMILES string of the molecule is Cc1c(C(=O)Nc2nc3ccc(C(=O)O)cc3s2)nnn1Cc1ccc(Cl)c(Cl)c1. The van der Waals surface area contributed by atoms with Gasteiger partial charge >= 0.3 is 5.97 Å². The number of hydrogen-bond donors (Lipinski definition) is 2. The van der Waals surface area contributed by atoms with Crippen molar-refractivity contribution in [3.8, 4) is 0 Å². The van der Waals surface area contributed by atoms with E-state index in [4.69, 9.17) is 28.3 Å². The molecule has 0 aliphatic rings. The van der Waals surface area contributed by atoms with Crippen LogP contribution in [0.3, 0.4) is 0 Å². The second-order valence-corrected chi connectivity index (χ2v) is 8.24. The van der Waals surface area contributed by atoms with Crippen molar-refractivity contribution in [2.45, 2.75) is 13.5 Å². The molecule has 0 aliphatic heterocycles. The number of fused-ring (bicyclic) bond motifs is 1. The lowest BCUT2D eigenvalue weighted by molar-refractivity contribution is 0.0697. The number of aromatic carboxylic acids is 1. The highest BCUT2D eigenvalue weighted by atomic mass is 35.5. The lowest BCUT2D eigenvalue weighted by Crippen LogP contribution is -2.14. The van der Waals surface area contributed by atoms with E-state index in [1.807, 2.05) is 6.07 Å². The van der Waals surface area contributed by atoms with E-state index in [9.17, 15) is 9.59 Å².